The van der Waals surface area contributed by atoms with Crippen molar-refractivity contribution in [1.82, 2.24) is 4.72 Å². The van der Waals surface area contributed by atoms with E-state index < -0.39 is 10.2 Å². The smallest absolute Gasteiger partial charge is 0.257 e. The number of benzene rings is 1. The van der Waals surface area contributed by atoms with E-state index in [-0.39, 0.29) is 0 Å². The Bertz CT molecular complexity index is 504. The first kappa shape index (κ1) is 13.4. The zero-order valence-corrected chi connectivity index (χ0v) is 11.8. The Labute approximate surface area is 109 Å². The molecule has 1 aromatic carbocycles. The number of aryl methyl sites for hydroxylation is 2. The molecule has 1 heterocycles. The van der Waals surface area contributed by atoms with E-state index in [9.17, 15) is 8.42 Å². The number of hydrogen-bond donors (Lipinski definition) is 1. The second-order valence-electron chi connectivity index (χ2n) is 4.46. The molecule has 0 aliphatic carbocycles. The van der Waals surface area contributed by atoms with E-state index >= 15 is 0 Å². The maximum Gasteiger partial charge on any atom is 0.301 e. The molecular formula is C13H20N2O2S. The van der Waals surface area contributed by atoms with E-state index in [0.29, 0.717) is 13.1 Å². The van der Waals surface area contributed by atoms with Crippen LogP contribution in [0.2, 0.25) is 0 Å². The zero-order valence-electron chi connectivity index (χ0n) is 10.9. The Morgan fingerprint density at radius 1 is 1.22 bits per heavy atom. The molecule has 0 saturated carbocycles. The van der Waals surface area contributed by atoms with Crippen LogP contribution >= 0.6 is 0 Å². The fourth-order valence-electron chi connectivity index (χ4n) is 2.39. The van der Waals surface area contributed by atoms with E-state index in [1.165, 1.54) is 4.31 Å². The van der Waals surface area contributed by atoms with Crippen molar-refractivity contribution in [1.29, 1.82) is 0 Å². The minimum atomic E-state index is -3.36. The topological polar surface area (TPSA) is 49.4 Å². The lowest BCUT2D eigenvalue weighted by Gasteiger charge is -2.31. The van der Waals surface area contributed by atoms with Crippen molar-refractivity contribution < 1.29 is 8.42 Å². The van der Waals surface area contributed by atoms with Gasteiger partial charge in [-0.15, -0.1) is 0 Å². The van der Waals surface area contributed by atoms with E-state index in [1.54, 1.807) is 0 Å². The monoisotopic (exact) mass is 268 g/mol. The van der Waals surface area contributed by atoms with E-state index in [0.717, 1.165) is 36.1 Å². The minimum Gasteiger partial charge on any atom is -0.257 e. The maximum atomic E-state index is 12.1. The summed E-state index contributed by atoms with van der Waals surface area (Å²) in [6.07, 6.45) is 2.53. The number of anilines is 1. The molecule has 1 fully saturated rings. The average Bonchev–Trinajstić information content (AvgIpc) is 2.37. The van der Waals surface area contributed by atoms with Gasteiger partial charge in [0.25, 0.3) is 0 Å². The van der Waals surface area contributed by atoms with Gasteiger partial charge >= 0.3 is 10.2 Å². The van der Waals surface area contributed by atoms with Crippen molar-refractivity contribution in [2.75, 3.05) is 17.4 Å². The molecule has 0 aromatic heterocycles. The van der Waals surface area contributed by atoms with Crippen molar-refractivity contribution in [2.45, 2.75) is 33.1 Å². The predicted octanol–water partition coefficient (Wildman–Crippen LogP) is 1.86. The molecule has 5 heteroatoms. The van der Waals surface area contributed by atoms with Gasteiger partial charge in [0.05, 0.1) is 5.69 Å². The number of nitrogens with zero attached hydrogens (tertiary/aromatic N) is 1. The van der Waals surface area contributed by atoms with Gasteiger partial charge in [-0.25, -0.2) is 0 Å². The van der Waals surface area contributed by atoms with Gasteiger partial charge in [-0.05, 0) is 30.4 Å². The lowest BCUT2D eigenvalue weighted by atomic mass is 10.0. The molecule has 0 radical (unpaired) electrons. The first-order chi connectivity index (χ1) is 8.60. The molecule has 4 nitrogen and oxygen atoms in total. The van der Waals surface area contributed by atoms with Crippen LogP contribution < -0.4 is 9.03 Å². The van der Waals surface area contributed by atoms with Crippen molar-refractivity contribution >= 4 is 15.9 Å². The molecule has 1 aliphatic heterocycles. The van der Waals surface area contributed by atoms with Gasteiger partial charge < -0.3 is 0 Å². The van der Waals surface area contributed by atoms with Crippen LogP contribution in [0.25, 0.3) is 0 Å². The van der Waals surface area contributed by atoms with Crippen LogP contribution in [0.4, 0.5) is 5.69 Å². The summed E-state index contributed by atoms with van der Waals surface area (Å²) in [7, 11) is -3.36. The molecule has 0 spiro atoms. The summed E-state index contributed by atoms with van der Waals surface area (Å²) in [5, 5.41) is 0. The van der Waals surface area contributed by atoms with Crippen LogP contribution in [-0.2, 0) is 23.1 Å². The largest absolute Gasteiger partial charge is 0.301 e. The Morgan fingerprint density at radius 2 is 1.83 bits per heavy atom. The normalized spacial score (nSPS) is 18.9. The summed E-state index contributed by atoms with van der Waals surface area (Å²) in [6, 6.07) is 6.03. The summed E-state index contributed by atoms with van der Waals surface area (Å²) >= 11 is 0. The molecule has 0 amide bonds. The Balaban J connectivity index is 2.55. The summed E-state index contributed by atoms with van der Waals surface area (Å²) in [5.41, 5.74) is 3.08. The molecule has 0 atom stereocenters. The van der Waals surface area contributed by atoms with Gasteiger partial charge in [0.15, 0.2) is 0 Å². The number of rotatable bonds is 3. The van der Waals surface area contributed by atoms with Gasteiger partial charge in [0.1, 0.15) is 0 Å². The SMILES string of the molecule is CCc1cccc(CC)c1N1CCCNS1(=O)=O. The highest BCUT2D eigenvalue weighted by molar-refractivity contribution is 7.90. The quantitative estimate of drug-likeness (QED) is 0.909. The molecule has 2 rings (SSSR count). The van der Waals surface area contributed by atoms with Crippen molar-refractivity contribution in [3.63, 3.8) is 0 Å². The highest BCUT2D eigenvalue weighted by Crippen LogP contribution is 2.29. The summed E-state index contributed by atoms with van der Waals surface area (Å²) in [6.45, 7) is 5.22. The average molecular weight is 268 g/mol. The van der Waals surface area contributed by atoms with Crippen LogP contribution in [0.3, 0.4) is 0 Å². The fourth-order valence-corrected chi connectivity index (χ4v) is 3.79. The van der Waals surface area contributed by atoms with Gasteiger partial charge in [0, 0.05) is 13.1 Å². The standard InChI is InChI=1S/C13H20N2O2S/c1-3-11-7-5-8-12(4-2)13(11)15-10-6-9-14-18(15,16)17/h5,7-8,14H,3-4,6,9-10H2,1-2H3. The van der Waals surface area contributed by atoms with Gasteiger partial charge in [-0.3, -0.25) is 4.31 Å². The molecule has 0 unspecified atom stereocenters. The summed E-state index contributed by atoms with van der Waals surface area (Å²) in [5.74, 6) is 0. The number of para-hydroxylation sites is 1. The fraction of sp³-hybridized carbons (Fsp3) is 0.538. The van der Waals surface area contributed by atoms with Crippen LogP contribution in [0.5, 0.6) is 0 Å². The van der Waals surface area contributed by atoms with E-state index in [4.69, 9.17) is 0 Å². The van der Waals surface area contributed by atoms with Crippen LogP contribution in [-0.4, -0.2) is 21.5 Å². The van der Waals surface area contributed by atoms with E-state index in [1.807, 2.05) is 18.2 Å². The summed E-state index contributed by atoms with van der Waals surface area (Å²) < 4.78 is 28.4. The lowest BCUT2D eigenvalue weighted by molar-refractivity contribution is 0.559. The molecule has 18 heavy (non-hydrogen) atoms. The lowest BCUT2D eigenvalue weighted by Crippen LogP contribution is -2.47. The molecule has 0 bridgehead atoms. The van der Waals surface area contributed by atoms with Gasteiger partial charge in [0.2, 0.25) is 0 Å². The third-order valence-corrected chi connectivity index (χ3v) is 4.84. The maximum absolute atomic E-state index is 12.1. The first-order valence-corrected chi connectivity index (χ1v) is 7.92. The van der Waals surface area contributed by atoms with Crippen molar-refractivity contribution in [3.8, 4) is 0 Å². The minimum absolute atomic E-state index is 0.536. The van der Waals surface area contributed by atoms with Crippen molar-refractivity contribution in [3.05, 3.63) is 29.3 Å². The zero-order chi connectivity index (χ0) is 13.2. The number of hydrogen-bond acceptors (Lipinski definition) is 2. The Kier molecular flexibility index (Phi) is 3.92. The van der Waals surface area contributed by atoms with E-state index in [2.05, 4.69) is 18.6 Å². The third-order valence-electron chi connectivity index (χ3n) is 3.33. The second-order valence-corrected chi connectivity index (χ2v) is 6.14. The molecule has 1 N–H and O–H groups in total. The second kappa shape index (κ2) is 5.28. The predicted molar refractivity (Wildman–Crippen MR) is 74.1 cm³/mol. The van der Waals surface area contributed by atoms with Gasteiger partial charge in [-0.1, -0.05) is 32.0 Å². The highest BCUT2D eigenvalue weighted by atomic mass is 32.2. The Morgan fingerprint density at radius 3 is 2.33 bits per heavy atom. The third kappa shape index (κ3) is 2.37. The van der Waals surface area contributed by atoms with Crippen LogP contribution in [0.1, 0.15) is 31.4 Å². The molecule has 100 valence electrons. The van der Waals surface area contributed by atoms with Gasteiger partial charge in [-0.2, -0.15) is 13.1 Å². The number of nitrogens with one attached hydrogen (secondary N) is 1. The molecule has 1 aliphatic rings. The van der Waals surface area contributed by atoms with Crippen LogP contribution in [0.15, 0.2) is 18.2 Å². The van der Waals surface area contributed by atoms with Crippen LogP contribution in [0, 0.1) is 0 Å². The first-order valence-electron chi connectivity index (χ1n) is 6.48. The summed E-state index contributed by atoms with van der Waals surface area (Å²) in [4.78, 5) is 0. The van der Waals surface area contributed by atoms with Crippen molar-refractivity contribution in [2.24, 2.45) is 0 Å². The molecule has 1 aromatic rings. The Hall–Kier alpha value is -1.07. The molecule has 1 saturated heterocycles. The highest BCUT2D eigenvalue weighted by Gasteiger charge is 2.28. The molecular weight excluding hydrogens is 248 g/mol.